The second-order valence-electron chi connectivity index (χ2n) is 7.56. The highest BCUT2D eigenvalue weighted by molar-refractivity contribution is 5.95. The van der Waals surface area contributed by atoms with E-state index in [2.05, 4.69) is 21.4 Å². The molecule has 1 saturated heterocycles. The second kappa shape index (κ2) is 8.92. The summed E-state index contributed by atoms with van der Waals surface area (Å²) in [7, 11) is 1.95. The molecule has 29 heavy (non-hydrogen) atoms. The summed E-state index contributed by atoms with van der Waals surface area (Å²) >= 11 is 0. The van der Waals surface area contributed by atoms with E-state index < -0.39 is 0 Å². The van der Waals surface area contributed by atoms with Crippen LogP contribution >= 0.6 is 0 Å². The molecule has 1 aliphatic heterocycles. The van der Waals surface area contributed by atoms with Crippen molar-refractivity contribution in [3.05, 3.63) is 72.6 Å². The van der Waals surface area contributed by atoms with E-state index in [9.17, 15) is 4.79 Å². The number of hydrogen-bond donors (Lipinski definition) is 1. The highest BCUT2D eigenvalue weighted by atomic mass is 16.2. The second-order valence-corrected chi connectivity index (χ2v) is 7.56. The molecule has 1 amide bonds. The summed E-state index contributed by atoms with van der Waals surface area (Å²) in [4.78, 5) is 17.0. The van der Waals surface area contributed by atoms with Gasteiger partial charge in [-0.25, -0.2) is 4.68 Å². The minimum atomic E-state index is -0.00500. The maximum absolute atomic E-state index is 12.6. The lowest BCUT2D eigenvalue weighted by molar-refractivity contribution is -0.117. The number of nitrogens with one attached hydrogen (secondary N) is 1. The molecule has 1 aliphatic rings. The van der Waals surface area contributed by atoms with Gasteiger partial charge in [0.05, 0.1) is 29.8 Å². The molecule has 0 bridgehead atoms. The Labute approximate surface area is 171 Å². The van der Waals surface area contributed by atoms with Gasteiger partial charge < -0.3 is 10.2 Å². The summed E-state index contributed by atoms with van der Waals surface area (Å²) in [6.45, 7) is 3.09. The van der Waals surface area contributed by atoms with Crippen LogP contribution in [0.3, 0.4) is 0 Å². The van der Waals surface area contributed by atoms with Gasteiger partial charge in [-0.05, 0) is 44.2 Å². The Hall–Kier alpha value is -3.12. The van der Waals surface area contributed by atoms with Gasteiger partial charge in [0.25, 0.3) is 0 Å². The molecular formula is C23H27N5O. The van der Waals surface area contributed by atoms with E-state index in [1.165, 1.54) is 12.8 Å². The van der Waals surface area contributed by atoms with Crippen LogP contribution in [0.25, 0.3) is 5.69 Å². The first-order valence-electron chi connectivity index (χ1n) is 10.1. The fourth-order valence-corrected chi connectivity index (χ4v) is 3.78. The third-order valence-corrected chi connectivity index (χ3v) is 5.15. The first-order chi connectivity index (χ1) is 14.2. The molecule has 150 valence electrons. The zero-order valence-electron chi connectivity index (χ0n) is 16.8. The van der Waals surface area contributed by atoms with Crippen LogP contribution in [0.5, 0.6) is 0 Å². The SMILES string of the molecule is CN(CC(=O)Nc1ccccc1N1CCCC1)Cc1cnn(-c2ccccc2)c1. The average molecular weight is 390 g/mol. The average Bonchev–Trinajstić information content (AvgIpc) is 3.41. The third kappa shape index (κ3) is 4.84. The molecule has 6 heteroatoms. The predicted molar refractivity (Wildman–Crippen MR) is 116 cm³/mol. The van der Waals surface area contributed by atoms with Crippen LogP contribution in [0.1, 0.15) is 18.4 Å². The van der Waals surface area contributed by atoms with Gasteiger partial charge in [-0.3, -0.25) is 9.69 Å². The van der Waals surface area contributed by atoms with Crippen molar-refractivity contribution in [2.75, 3.05) is 36.9 Å². The van der Waals surface area contributed by atoms with Crippen molar-refractivity contribution in [2.24, 2.45) is 0 Å². The molecular weight excluding hydrogens is 362 g/mol. The zero-order chi connectivity index (χ0) is 20.1. The van der Waals surface area contributed by atoms with Gasteiger partial charge in [0.1, 0.15) is 0 Å². The molecule has 2 aromatic carbocycles. The van der Waals surface area contributed by atoms with Crippen molar-refractivity contribution in [2.45, 2.75) is 19.4 Å². The number of nitrogens with zero attached hydrogens (tertiary/aromatic N) is 4. The minimum absolute atomic E-state index is 0.00500. The standard InChI is InChI=1S/C23H27N5O/c1-26(16-19-15-24-28(17-19)20-9-3-2-4-10-20)18-23(29)25-21-11-5-6-12-22(21)27-13-7-8-14-27/h2-6,9-12,15,17H,7-8,13-14,16,18H2,1H3,(H,25,29). The summed E-state index contributed by atoms with van der Waals surface area (Å²) < 4.78 is 1.86. The molecule has 0 unspecified atom stereocenters. The Kier molecular flexibility index (Phi) is 5.91. The van der Waals surface area contributed by atoms with Gasteiger partial charge in [0.15, 0.2) is 0 Å². The van der Waals surface area contributed by atoms with E-state index in [4.69, 9.17) is 0 Å². The number of carbonyl (C=O) groups excluding carboxylic acids is 1. The van der Waals surface area contributed by atoms with E-state index in [1.54, 1.807) is 0 Å². The van der Waals surface area contributed by atoms with Crippen LogP contribution in [0, 0.1) is 0 Å². The van der Waals surface area contributed by atoms with Crippen molar-refractivity contribution in [3.8, 4) is 5.69 Å². The molecule has 0 radical (unpaired) electrons. The van der Waals surface area contributed by atoms with Crippen molar-refractivity contribution < 1.29 is 4.79 Å². The molecule has 2 heterocycles. The van der Waals surface area contributed by atoms with Crippen LogP contribution in [0.4, 0.5) is 11.4 Å². The molecule has 1 N–H and O–H groups in total. The lowest BCUT2D eigenvalue weighted by Gasteiger charge is -2.22. The van der Waals surface area contributed by atoms with Gasteiger partial charge in [0, 0.05) is 31.4 Å². The highest BCUT2D eigenvalue weighted by Gasteiger charge is 2.17. The van der Waals surface area contributed by atoms with Crippen LogP contribution < -0.4 is 10.2 Å². The maximum atomic E-state index is 12.6. The van der Waals surface area contributed by atoms with E-state index in [-0.39, 0.29) is 5.91 Å². The molecule has 4 rings (SSSR count). The monoisotopic (exact) mass is 389 g/mol. The lowest BCUT2D eigenvalue weighted by atomic mass is 10.2. The molecule has 0 aliphatic carbocycles. The summed E-state index contributed by atoms with van der Waals surface area (Å²) in [6, 6.07) is 18.1. The van der Waals surface area contributed by atoms with Gasteiger partial charge in [-0.15, -0.1) is 0 Å². The normalized spacial score (nSPS) is 13.8. The first kappa shape index (κ1) is 19.2. The summed E-state index contributed by atoms with van der Waals surface area (Å²) in [5.74, 6) is -0.00500. The Balaban J connectivity index is 1.34. The number of anilines is 2. The third-order valence-electron chi connectivity index (χ3n) is 5.15. The van der Waals surface area contributed by atoms with Gasteiger partial charge >= 0.3 is 0 Å². The fourth-order valence-electron chi connectivity index (χ4n) is 3.78. The number of carbonyl (C=O) groups is 1. The van der Waals surface area contributed by atoms with Crippen LogP contribution in [0.15, 0.2) is 67.0 Å². The largest absolute Gasteiger partial charge is 0.370 e. The number of para-hydroxylation sites is 3. The van der Waals surface area contributed by atoms with Crippen molar-refractivity contribution >= 4 is 17.3 Å². The Morgan fingerprint density at radius 1 is 1.07 bits per heavy atom. The highest BCUT2D eigenvalue weighted by Crippen LogP contribution is 2.28. The number of benzene rings is 2. The predicted octanol–water partition coefficient (Wildman–Crippen LogP) is 3.54. The smallest absolute Gasteiger partial charge is 0.238 e. The van der Waals surface area contributed by atoms with Crippen LogP contribution in [0.2, 0.25) is 0 Å². The molecule has 0 spiro atoms. The van der Waals surface area contributed by atoms with Crippen LogP contribution in [-0.4, -0.2) is 47.3 Å². The Morgan fingerprint density at radius 3 is 2.59 bits per heavy atom. The number of hydrogen-bond acceptors (Lipinski definition) is 4. The van der Waals surface area contributed by atoms with E-state index >= 15 is 0 Å². The molecule has 0 atom stereocenters. The van der Waals surface area contributed by atoms with Crippen molar-refractivity contribution in [3.63, 3.8) is 0 Å². The van der Waals surface area contributed by atoms with E-state index in [0.29, 0.717) is 13.1 Å². The minimum Gasteiger partial charge on any atom is -0.370 e. The van der Waals surface area contributed by atoms with Crippen molar-refractivity contribution in [1.82, 2.24) is 14.7 Å². The molecule has 3 aromatic rings. The van der Waals surface area contributed by atoms with Crippen LogP contribution in [-0.2, 0) is 11.3 Å². The summed E-state index contributed by atoms with van der Waals surface area (Å²) in [5.41, 5.74) is 4.11. The molecule has 6 nitrogen and oxygen atoms in total. The van der Waals surface area contributed by atoms with Crippen molar-refractivity contribution in [1.29, 1.82) is 0 Å². The quantitative estimate of drug-likeness (QED) is 0.672. The van der Waals surface area contributed by atoms with Gasteiger partial charge in [-0.2, -0.15) is 5.10 Å². The Bertz CT molecular complexity index is 947. The maximum Gasteiger partial charge on any atom is 0.238 e. The Morgan fingerprint density at radius 2 is 1.79 bits per heavy atom. The molecule has 1 fully saturated rings. The summed E-state index contributed by atoms with van der Waals surface area (Å²) in [5, 5.41) is 7.52. The number of likely N-dealkylation sites (N-methyl/N-ethyl adjacent to an activating group) is 1. The summed E-state index contributed by atoms with van der Waals surface area (Å²) in [6.07, 6.45) is 6.28. The number of amides is 1. The van der Waals surface area contributed by atoms with E-state index in [1.807, 2.05) is 77.6 Å². The molecule has 0 saturated carbocycles. The molecule has 1 aromatic heterocycles. The number of aromatic nitrogens is 2. The van der Waals surface area contributed by atoms with Gasteiger partial charge in [-0.1, -0.05) is 30.3 Å². The zero-order valence-corrected chi connectivity index (χ0v) is 16.8. The fraction of sp³-hybridized carbons (Fsp3) is 0.304. The topological polar surface area (TPSA) is 53.4 Å². The van der Waals surface area contributed by atoms with E-state index in [0.717, 1.165) is 35.7 Å². The number of rotatable bonds is 7. The van der Waals surface area contributed by atoms with Gasteiger partial charge in [0.2, 0.25) is 5.91 Å². The first-order valence-corrected chi connectivity index (χ1v) is 10.1. The lowest BCUT2D eigenvalue weighted by Crippen LogP contribution is -2.30.